The second-order valence-corrected chi connectivity index (χ2v) is 18.0. The number of halogens is 3. The summed E-state index contributed by atoms with van der Waals surface area (Å²) >= 11 is 0. The summed E-state index contributed by atoms with van der Waals surface area (Å²) in [5, 5.41) is 16.0. The van der Waals surface area contributed by atoms with E-state index in [1.807, 2.05) is 20.8 Å². The Morgan fingerprint density at radius 1 is 0.700 bits per heavy atom. The molecule has 3 aliphatic heterocycles. The normalized spacial score (nSPS) is 19.2. The lowest BCUT2D eigenvalue weighted by Gasteiger charge is -2.31. The van der Waals surface area contributed by atoms with Crippen LogP contribution in [0.2, 0.25) is 0 Å². The van der Waals surface area contributed by atoms with Crippen LogP contribution in [0, 0.1) is 0 Å². The number of carboxylic acid groups (broad SMARTS) is 1. The van der Waals surface area contributed by atoms with Crippen molar-refractivity contribution >= 4 is 38.2 Å². The van der Waals surface area contributed by atoms with E-state index in [1.165, 1.54) is 21.1 Å². The van der Waals surface area contributed by atoms with Gasteiger partial charge in [-0.3, -0.25) is 0 Å². The average molecular weight is 771 g/mol. The number of hydrogen-bond acceptors (Lipinski definition) is 11. The van der Waals surface area contributed by atoms with Crippen LogP contribution < -0.4 is 21.7 Å². The topological polar surface area (TPSA) is 227 Å². The number of rotatable bonds is 4. The predicted molar refractivity (Wildman–Crippen MR) is 181 cm³/mol. The SMILES string of the molecule is CC(C)(C)OC(=O)NC1CCN(S(C)(=O)=O)CC1.CC(C)(C)OC(=O)NC1CCNCC1.CS(=O)(=O)N1CCC(N)CC1.O=C(O)C(F)(F)F. The monoisotopic (exact) mass is 770 g/mol. The molecule has 296 valence electrons. The summed E-state index contributed by atoms with van der Waals surface area (Å²) in [6.45, 7) is 15.0. The number of alkyl halides is 3. The smallest absolute Gasteiger partial charge is 0.475 e. The van der Waals surface area contributed by atoms with Crippen LogP contribution in [-0.4, -0.2) is 136 Å². The summed E-state index contributed by atoms with van der Waals surface area (Å²) in [6, 6.07) is 0.442. The summed E-state index contributed by atoms with van der Waals surface area (Å²) in [5.74, 6) is -2.76. The van der Waals surface area contributed by atoms with Crippen molar-refractivity contribution in [2.24, 2.45) is 5.73 Å². The van der Waals surface area contributed by atoms with E-state index in [1.54, 1.807) is 20.8 Å². The van der Waals surface area contributed by atoms with Gasteiger partial charge < -0.3 is 36.3 Å². The molecule has 3 heterocycles. The Hall–Kier alpha value is -2.46. The Labute approximate surface area is 294 Å². The van der Waals surface area contributed by atoms with E-state index in [-0.39, 0.29) is 24.2 Å². The number of piperidine rings is 3. The lowest BCUT2D eigenvalue weighted by atomic mass is 10.1. The molecule has 0 unspecified atom stereocenters. The first-order chi connectivity index (χ1) is 22.5. The van der Waals surface area contributed by atoms with Gasteiger partial charge in [0.2, 0.25) is 20.0 Å². The van der Waals surface area contributed by atoms with Crippen molar-refractivity contribution in [3.63, 3.8) is 0 Å². The second kappa shape index (κ2) is 20.5. The minimum absolute atomic E-state index is 0.0159. The van der Waals surface area contributed by atoms with Gasteiger partial charge in [-0.1, -0.05) is 0 Å². The number of carbonyl (C=O) groups is 3. The molecule has 3 rings (SSSR count). The molecule has 3 aliphatic rings. The van der Waals surface area contributed by atoms with Crippen molar-refractivity contribution < 1.29 is 59.0 Å². The van der Waals surface area contributed by atoms with Gasteiger partial charge in [0.15, 0.2) is 0 Å². The Morgan fingerprint density at radius 3 is 1.28 bits per heavy atom. The fraction of sp³-hybridized carbons (Fsp3) is 0.897. The molecule has 0 aromatic rings. The van der Waals surface area contributed by atoms with E-state index in [9.17, 15) is 39.6 Å². The van der Waals surface area contributed by atoms with Gasteiger partial charge in [0.1, 0.15) is 11.2 Å². The van der Waals surface area contributed by atoms with E-state index in [4.69, 9.17) is 25.1 Å². The molecule has 50 heavy (non-hydrogen) atoms. The lowest BCUT2D eigenvalue weighted by Crippen LogP contribution is -2.47. The summed E-state index contributed by atoms with van der Waals surface area (Å²) in [4.78, 5) is 31.8. The van der Waals surface area contributed by atoms with Crippen LogP contribution in [0.5, 0.6) is 0 Å². The third-order valence-corrected chi connectivity index (χ3v) is 9.52. The molecule has 0 bridgehead atoms. The highest BCUT2D eigenvalue weighted by atomic mass is 32.2. The van der Waals surface area contributed by atoms with E-state index in [0.29, 0.717) is 39.0 Å². The van der Waals surface area contributed by atoms with Crippen LogP contribution in [-0.2, 0) is 34.3 Å². The highest BCUT2D eigenvalue weighted by Gasteiger charge is 2.38. The molecule has 3 saturated heterocycles. The van der Waals surface area contributed by atoms with Crippen molar-refractivity contribution in [3.8, 4) is 0 Å². The number of carbonyl (C=O) groups excluding carboxylic acids is 2. The number of carboxylic acids is 1. The molecule has 2 amide bonds. The largest absolute Gasteiger partial charge is 0.490 e. The zero-order valence-corrected chi connectivity index (χ0v) is 31.9. The Kier molecular flexibility index (Phi) is 19.5. The van der Waals surface area contributed by atoms with Crippen LogP contribution in [0.4, 0.5) is 22.8 Å². The van der Waals surface area contributed by atoms with E-state index >= 15 is 0 Å². The van der Waals surface area contributed by atoms with Gasteiger partial charge >= 0.3 is 24.3 Å². The van der Waals surface area contributed by atoms with Crippen molar-refractivity contribution in [1.82, 2.24) is 24.6 Å². The van der Waals surface area contributed by atoms with Crippen LogP contribution in [0.25, 0.3) is 0 Å². The number of ether oxygens (including phenoxy) is 2. The predicted octanol–water partition coefficient (Wildman–Crippen LogP) is 2.20. The number of nitrogens with zero attached hydrogens (tertiary/aromatic N) is 2. The first-order valence-electron chi connectivity index (χ1n) is 16.1. The molecule has 0 atom stereocenters. The number of aliphatic carboxylic acids is 1. The van der Waals surface area contributed by atoms with Crippen LogP contribution in [0.3, 0.4) is 0 Å². The number of nitrogens with one attached hydrogen (secondary N) is 3. The van der Waals surface area contributed by atoms with Gasteiger partial charge in [-0.05, 0) is 93.2 Å². The maximum Gasteiger partial charge on any atom is 0.490 e. The Morgan fingerprint density at radius 2 is 1.00 bits per heavy atom. The van der Waals surface area contributed by atoms with E-state index < -0.39 is 49.5 Å². The maximum atomic E-state index is 11.5. The molecule has 6 N–H and O–H groups in total. The number of sulfonamides is 2. The fourth-order valence-electron chi connectivity index (χ4n) is 4.45. The average Bonchev–Trinajstić information content (AvgIpc) is 2.91. The molecule has 0 spiro atoms. The summed E-state index contributed by atoms with van der Waals surface area (Å²) in [7, 11) is -6.09. The lowest BCUT2D eigenvalue weighted by molar-refractivity contribution is -0.192. The van der Waals surface area contributed by atoms with Crippen molar-refractivity contribution in [2.75, 3.05) is 51.8 Å². The van der Waals surface area contributed by atoms with Gasteiger partial charge in [-0.25, -0.2) is 39.8 Å². The number of amides is 2. The molecular formula is C29H57F3N6O10S2. The molecule has 0 aromatic carbocycles. The molecule has 0 saturated carbocycles. The zero-order chi connectivity index (χ0) is 39.1. The molecular weight excluding hydrogens is 713 g/mol. The standard InChI is InChI=1S/C11H22N2O4S.C10H20N2O2.C6H14N2O2S.C2HF3O2/c1-11(2,3)17-10(14)12-9-5-7-13(8-6-9)18(4,15)16;1-10(2,3)14-9(13)12-8-4-6-11-7-5-8;1-11(9,10)8-4-2-6(7)3-5-8;3-2(4,5)1(6)7/h9H,5-8H2,1-4H3,(H,12,14);8,11H,4-7H2,1-3H3,(H,12,13);6H,2-5,7H2,1H3;(H,6,7). The summed E-state index contributed by atoms with van der Waals surface area (Å²) < 4.78 is 89.6. The third kappa shape index (κ3) is 23.9. The maximum absolute atomic E-state index is 11.5. The minimum atomic E-state index is -5.08. The highest BCUT2D eigenvalue weighted by molar-refractivity contribution is 7.88. The van der Waals surface area contributed by atoms with Crippen molar-refractivity contribution in [3.05, 3.63) is 0 Å². The first kappa shape index (κ1) is 47.5. The Bertz CT molecular complexity index is 1270. The van der Waals surface area contributed by atoms with Crippen molar-refractivity contribution in [1.29, 1.82) is 0 Å². The number of alkyl carbamates (subject to hydrolysis) is 2. The zero-order valence-electron chi connectivity index (χ0n) is 30.3. The van der Waals surface area contributed by atoms with Crippen LogP contribution in [0.1, 0.15) is 80.1 Å². The summed E-state index contributed by atoms with van der Waals surface area (Å²) in [5.41, 5.74) is 4.70. The molecule has 0 aromatic heterocycles. The number of nitrogens with two attached hydrogens (primary N) is 1. The summed E-state index contributed by atoms with van der Waals surface area (Å²) in [6.07, 6.45) is 1.39. The third-order valence-electron chi connectivity index (χ3n) is 6.91. The highest BCUT2D eigenvalue weighted by Crippen LogP contribution is 2.15. The quantitative estimate of drug-likeness (QED) is 0.277. The minimum Gasteiger partial charge on any atom is -0.475 e. The Balaban J connectivity index is 0.000000673. The molecule has 0 aliphatic carbocycles. The van der Waals surface area contributed by atoms with Gasteiger partial charge in [-0.15, -0.1) is 0 Å². The van der Waals surface area contributed by atoms with E-state index in [0.717, 1.165) is 38.8 Å². The fourth-order valence-corrected chi connectivity index (χ4v) is 6.20. The van der Waals surface area contributed by atoms with Crippen LogP contribution in [0.15, 0.2) is 0 Å². The van der Waals surface area contributed by atoms with Gasteiger partial charge in [0.05, 0.1) is 12.5 Å². The molecule has 0 radical (unpaired) electrons. The molecule has 3 fully saturated rings. The van der Waals surface area contributed by atoms with Gasteiger partial charge in [-0.2, -0.15) is 13.2 Å². The van der Waals surface area contributed by atoms with Crippen molar-refractivity contribution in [2.45, 2.75) is 116 Å². The number of hydrogen-bond donors (Lipinski definition) is 5. The molecule has 21 heteroatoms. The van der Waals surface area contributed by atoms with Gasteiger partial charge in [0.25, 0.3) is 0 Å². The second-order valence-electron chi connectivity index (χ2n) is 14.1. The van der Waals surface area contributed by atoms with E-state index in [2.05, 4.69) is 16.0 Å². The molecule has 16 nitrogen and oxygen atoms in total. The first-order valence-corrected chi connectivity index (χ1v) is 19.8. The van der Waals surface area contributed by atoms with Gasteiger partial charge in [0, 0.05) is 44.3 Å². The van der Waals surface area contributed by atoms with Crippen LogP contribution >= 0.6 is 0 Å².